The second-order valence-corrected chi connectivity index (χ2v) is 5.71. The first-order valence-electron chi connectivity index (χ1n) is 7.77. The van der Waals surface area contributed by atoms with Crippen LogP contribution in [0.2, 0.25) is 0 Å². The van der Waals surface area contributed by atoms with Crippen LogP contribution in [-0.4, -0.2) is 43.6 Å². The Morgan fingerprint density at radius 1 is 1.17 bits per heavy atom. The minimum Gasteiger partial charge on any atom is -0.339 e. The minimum absolute atomic E-state index is 0.0200. The second kappa shape index (κ2) is 7.04. The van der Waals surface area contributed by atoms with Crippen molar-refractivity contribution in [2.45, 2.75) is 19.4 Å². The van der Waals surface area contributed by atoms with Gasteiger partial charge in [0.1, 0.15) is 12.7 Å². The summed E-state index contributed by atoms with van der Waals surface area (Å²) in [5.41, 5.74) is 2.47. The van der Waals surface area contributed by atoms with Gasteiger partial charge >= 0.3 is 0 Å². The number of likely N-dealkylation sites (N-methyl/N-ethyl adjacent to an activating group) is 1. The smallest absolute Gasteiger partial charge is 0.253 e. The number of carbonyl (C=O) groups excluding carboxylic acids is 1. The number of hydrogen-bond acceptors (Lipinski definition) is 4. The number of carbonyl (C=O) groups is 1. The highest BCUT2D eigenvalue weighted by Gasteiger charge is 2.18. The van der Waals surface area contributed by atoms with Gasteiger partial charge in [-0.3, -0.25) is 14.3 Å². The van der Waals surface area contributed by atoms with Gasteiger partial charge in [-0.25, -0.2) is 0 Å². The predicted molar refractivity (Wildman–Crippen MR) is 90.9 cm³/mol. The molecule has 1 atom stereocenters. The van der Waals surface area contributed by atoms with Crippen LogP contribution in [0.3, 0.4) is 0 Å². The molecule has 0 N–H and O–H groups in total. The first-order valence-corrected chi connectivity index (χ1v) is 7.77. The number of pyridine rings is 1. The molecule has 2 aromatic heterocycles. The third-order valence-electron chi connectivity index (χ3n) is 4.02. The zero-order chi connectivity index (χ0) is 16.9. The molecule has 0 saturated heterocycles. The van der Waals surface area contributed by atoms with Gasteiger partial charge in [0.2, 0.25) is 0 Å². The molecule has 0 aliphatic heterocycles. The maximum atomic E-state index is 12.8. The van der Waals surface area contributed by atoms with Crippen molar-refractivity contribution in [1.82, 2.24) is 24.6 Å². The van der Waals surface area contributed by atoms with Crippen LogP contribution in [0.4, 0.5) is 0 Å². The van der Waals surface area contributed by atoms with Crippen LogP contribution >= 0.6 is 0 Å². The van der Waals surface area contributed by atoms with Crippen LogP contribution in [0.15, 0.2) is 61.3 Å². The van der Waals surface area contributed by atoms with E-state index in [4.69, 9.17) is 0 Å². The lowest BCUT2D eigenvalue weighted by Gasteiger charge is -2.25. The molecular weight excluding hydrogens is 302 g/mol. The van der Waals surface area contributed by atoms with Gasteiger partial charge in [-0.2, -0.15) is 0 Å². The maximum absolute atomic E-state index is 12.8. The average molecular weight is 321 g/mol. The highest BCUT2D eigenvalue weighted by molar-refractivity contribution is 5.94. The lowest BCUT2D eigenvalue weighted by Crippen LogP contribution is -2.36. The van der Waals surface area contributed by atoms with E-state index in [1.54, 1.807) is 28.3 Å². The molecule has 0 unspecified atom stereocenters. The fourth-order valence-electron chi connectivity index (χ4n) is 2.50. The van der Waals surface area contributed by atoms with E-state index in [-0.39, 0.29) is 11.9 Å². The van der Waals surface area contributed by atoms with Crippen molar-refractivity contribution in [3.63, 3.8) is 0 Å². The van der Waals surface area contributed by atoms with E-state index in [9.17, 15) is 4.79 Å². The molecule has 3 rings (SSSR count). The van der Waals surface area contributed by atoms with Crippen LogP contribution in [0, 0.1) is 0 Å². The van der Waals surface area contributed by atoms with Gasteiger partial charge in [-0.15, -0.1) is 10.2 Å². The summed E-state index contributed by atoms with van der Waals surface area (Å²) in [6.45, 7) is 2.02. The molecule has 6 nitrogen and oxygen atoms in total. The summed E-state index contributed by atoms with van der Waals surface area (Å²) < 4.78 is 1.77. The average Bonchev–Trinajstić information content (AvgIpc) is 3.16. The normalized spacial score (nSPS) is 11.9. The molecule has 2 heterocycles. The van der Waals surface area contributed by atoms with Crippen molar-refractivity contribution in [2.24, 2.45) is 0 Å². The molecule has 0 bridgehead atoms. The number of hydrogen-bond donors (Lipinski definition) is 0. The molecule has 0 saturated carbocycles. The zero-order valence-corrected chi connectivity index (χ0v) is 13.7. The summed E-state index contributed by atoms with van der Waals surface area (Å²) in [5, 5.41) is 7.59. The zero-order valence-electron chi connectivity index (χ0n) is 13.7. The van der Waals surface area contributed by atoms with E-state index < -0.39 is 0 Å². The first kappa shape index (κ1) is 15.9. The van der Waals surface area contributed by atoms with Crippen LogP contribution in [-0.2, 0) is 6.42 Å². The summed E-state index contributed by atoms with van der Waals surface area (Å²) in [6.07, 6.45) is 5.70. The van der Waals surface area contributed by atoms with Crippen LogP contribution in [0.1, 0.15) is 23.0 Å². The van der Waals surface area contributed by atoms with Crippen LogP contribution in [0.5, 0.6) is 0 Å². The number of nitrogens with zero attached hydrogens (tertiary/aromatic N) is 5. The van der Waals surface area contributed by atoms with Crippen molar-refractivity contribution >= 4 is 5.91 Å². The summed E-state index contributed by atoms with van der Waals surface area (Å²) in [5.74, 6) is -0.0200. The van der Waals surface area contributed by atoms with E-state index >= 15 is 0 Å². The maximum Gasteiger partial charge on any atom is 0.253 e. The van der Waals surface area contributed by atoms with E-state index in [2.05, 4.69) is 15.2 Å². The van der Waals surface area contributed by atoms with Crippen molar-refractivity contribution in [1.29, 1.82) is 0 Å². The standard InChI is InChI=1S/C18H19N5O/c1-14(10-16-7-3-4-9-19-16)22(2)18(24)15-6-5-8-17(11-15)23-12-20-21-13-23/h3-9,11-14H,10H2,1-2H3/t14-/m0/s1. The van der Waals surface area contributed by atoms with Crippen LogP contribution < -0.4 is 0 Å². The van der Waals surface area contributed by atoms with E-state index in [1.165, 1.54) is 0 Å². The van der Waals surface area contributed by atoms with Gasteiger partial charge in [-0.1, -0.05) is 12.1 Å². The van der Waals surface area contributed by atoms with Gasteiger partial charge in [0, 0.05) is 42.7 Å². The summed E-state index contributed by atoms with van der Waals surface area (Å²) in [4.78, 5) is 18.8. The Morgan fingerprint density at radius 3 is 2.67 bits per heavy atom. The minimum atomic E-state index is -0.0200. The SMILES string of the molecule is C[C@@H](Cc1ccccn1)N(C)C(=O)c1cccc(-n2cnnc2)c1. The van der Waals surface area contributed by atoms with E-state index in [1.807, 2.05) is 56.4 Å². The van der Waals surface area contributed by atoms with Gasteiger partial charge < -0.3 is 4.90 Å². The van der Waals surface area contributed by atoms with Crippen molar-refractivity contribution in [3.05, 3.63) is 72.6 Å². The number of rotatable bonds is 5. The Balaban J connectivity index is 1.74. The predicted octanol–water partition coefficient (Wildman–Crippen LogP) is 2.37. The molecule has 3 aromatic rings. The van der Waals surface area contributed by atoms with Gasteiger partial charge in [-0.05, 0) is 37.3 Å². The summed E-state index contributed by atoms with van der Waals surface area (Å²) in [7, 11) is 1.82. The van der Waals surface area contributed by atoms with Gasteiger partial charge in [0.15, 0.2) is 0 Å². The Bertz CT molecular complexity index is 801. The molecule has 0 spiro atoms. The fraction of sp³-hybridized carbons (Fsp3) is 0.222. The molecule has 6 heteroatoms. The molecule has 122 valence electrons. The summed E-state index contributed by atoms with van der Waals surface area (Å²) in [6, 6.07) is 13.3. The molecule has 0 radical (unpaired) electrons. The van der Waals surface area contributed by atoms with Crippen LogP contribution in [0.25, 0.3) is 5.69 Å². The molecule has 0 fully saturated rings. The monoisotopic (exact) mass is 321 g/mol. The molecule has 1 amide bonds. The third-order valence-corrected chi connectivity index (χ3v) is 4.02. The largest absolute Gasteiger partial charge is 0.339 e. The molecule has 24 heavy (non-hydrogen) atoms. The lowest BCUT2D eigenvalue weighted by atomic mass is 10.1. The second-order valence-electron chi connectivity index (χ2n) is 5.71. The molecule has 0 aliphatic carbocycles. The quantitative estimate of drug-likeness (QED) is 0.724. The summed E-state index contributed by atoms with van der Waals surface area (Å²) >= 11 is 0. The first-order chi connectivity index (χ1) is 11.6. The molecule has 0 aliphatic rings. The van der Waals surface area contributed by atoms with Crippen molar-refractivity contribution < 1.29 is 4.79 Å². The van der Waals surface area contributed by atoms with Crippen molar-refractivity contribution in [2.75, 3.05) is 7.05 Å². The number of benzene rings is 1. The lowest BCUT2D eigenvalue weighted by molar-refractivity contribution is 0.0743. The number of amides is 1. The Kier molecular flexibility index (Phi) is 4.65. The Hall–Kier alpha value is -3.02. The fourth-order valence-corrected chi connectivity index (χ4v) is 2.50. The van der Waals surface area contributed by atoms with E-state index in [0.717, 1.165) is 11.4 Å². The van der Waals surface area contributed by atoms with Gasteiger partial charge in [0.25, 0.3) is 5.91 Å². The third kappa shape index (κ3) is 3.48. The molecular formula is C18H19N5O. The Labute approximate surface area is 140 Å². The number of aromatic nitrogens is 4. The highest BCUT2D eigenvalue weighted by atomic mass is 16.2. The van der Waals surface area contributed by atoms with Crippen molar-refractivity contribution in [3.8, 4) is 5.69 Å². The van der Waals surface area contributed by atoms with E-state index in [0.29, 0.717) is 12.0 Å². The van der Waals surface area contributed by atoms with Gasteiger partial charge in [0.05, 0.1) is 0 Å². The Morgan fingerprint density at radius 2 is 1.96 bits per heavy atom. The topological polar surface area (TPSA) is 63.9 Å². The molecule has 1 aromatic carbocycles. The highest BCUT2D eigenvalue weighted by Crippen LogP contribution is 2.14.